The Hall–Kier alpha value is -2.44. The molecule has 2 N–H and O–H groups in total. The number of aromatic amines is 1. The zero-order chi connectivity index (χ0) is 21.2. The Kier molecular flexibility index (Phi) is 4.37. The Labute approximate surface area is 183 Å². The maximum absolute atomic E-state index is 13.7. The molecule has 3 atom stereocenters. The molecule has 2 aromatic rings. The van der Waals surface area contributed by atoms with Gasteiger partial charge in [0.1, 0.15) is 0 Å². The van der Waals surface area contributed by atoms with Crippen LogP contribution in [-0.4, -0.2) is 71.8 Å². The third kappa shape index (κ3) is 2.92. The molecule has 5 heterocycles. The molecule has 0 radical (unpaired) electrons. The van der Waals surface area contributed by atoms with Gasteiger partial charge in [-0.2, -0.15) is 0 Å². The van der Waals surface area contributed by atoms with Gasteiger partial charge in [0.2, 0.25) is 0 Å². The minimum Gasteiger partial charge on any atom is -0.361 e. The summed E-state index contributed by atoms with van der Waals surface area (Å²) in [5, 5.41) is 3.48. The van der Waals surface area contributed by atoms with E-state index < -0.39 is 0 Å². The molecule has 6 nitrogen and oxygen atoms in total. The normalized spacial score (nSPS) is 33.8. The van der Waals surface area contributed by atoms with Gasteiger partial charge in [0.25, 0.3) is 5.91 Å². The summed E-state index contributed by atoms with van der Waals surface area (Å²) < 4.78 is 0. The van der Waals surface area contributed by atoms with Crippen LogP contribution in [0.3, 0.4) is 0 Å². The number of hydrogen-bond acceptors (Lipinski definition) is 4. The van der Waals surface area contributed by atoms with E-state index in [1.165, 1.54) is 5.56 Å². The van der Waals surface area contributed by atoms with Crippen LogP contribution in [-0.2, 0) is 11.8 Å². The van der Waals surface area contributed by atoms with E-state index in [0.717, 1.165) is 63.5 Å². The number of aromatic nitrogens is 1. The van der Waals surface area contributed by atoms with E-state index in [0.29, 0.717) is 23.5 Å². The minimum absolute atomic E-state index is 0.0663. The van der Waals surface area contributed by atoms with Crippen molar-refractivity contribution in [3.63, 3.8) is 0 Å². The van der Waals surface area contributed by atoms with Crippen molar-refractivity contribution in [1.82, 2.24) is 20.1 Å². The summed E-state index contributed by atoms with van der Waals surface area (Å²) in [6.45, 7) is 8.12. The average Bonchev–Trinajstić information content (AvgIpc) is 2.91. The van der Waals surface area contributed by atoms with Crippen LogP contribution in [0.25, 0.3) is 0 Å². The van der Waals surface area contributed by atoms with Gasteiger partial charge < -0.3 is 20.1 Å². The molecular formula is C25H30N4O2. The SMILES string of the molecule is Cc1[nH]c2c(c1C(=O)N[C@H]1C3CN4CCN(C3)CC1(c1ccccc1)C4)C(=O)CCC2. The highest BCUT2D eigenvalue weighted by molar-refractivity contribution is 6.10. The second kappa shape index (κ2) is 7.04. The summed E-state index contributed by atoms with van der Waals surface area (Å²) in [6.07, 6.45) is 2.24. The quantitative estimate of drug-likeness (QED) is 0.802. The highest BCUT2D eigenvalue weighted by Gasteiger charge is 2.55. The van der Waals surface area contributed by atoms with Gasteiger partial charge in [-0.25, -0.2) is 0 Å². The molecule has 1 aliphatic carbocycles. The fourth-order valence-electron chi connectivity index (χ4n) is 6.80. The number of carbonyl (C=O) groups excluding carboxylic acids is 2. The van der Waals surface area contributed by atoms with Crippen molar-refractivity contribution in [2.24, 2.45) is 5.92 Å². The van der Waals surface area contributed by atoms with Crippen molar-refractivity contribution in [3.8, 4) is 0 Å². The number of Topliss-reactive ketones (excluding diaryl/α,β-unsaturated/α-hetero) is 1. The molecule has 2 unspecified atom stereocenters. The largest absolute Gasteiger partial charge is 0.361 e. The molecule has 0 spiro atoms. The maximum Gasteiger partial charge on any atom is 0.254 e. The van der Waals surface area contributed by atoms with E-state index in [1.54, 1.807) is 0 Å². The summed E-state index contributed by atoms with van der Waals surface area (Å²) in [5.74, 6) is 0.411. The predicted octanol–water partition coefficient (Wildman–Crippen LogP) is 2.14. The first-order valence-electron chi connectivity index (χ1n) is 11.6. The zero-order valence-corrected chi connectivity index (χ0v) is 18.1. The van der Waals surface area contributed by atoms with Crippen molar-refractivity contribution in [2.45, 2.75) is 37.6 Å². The predicted molar refractivity (Wildman–Crippen MR) is 119 cm³/mol. The van der Waals surface area contributed by atoms with E-state index in [-0.39, 0.29) is 23.1 Å². The van der Waals surface area contributed by atoms with Gasteiger partial charge in [-0.05, 0) is 25.3 Å². The molecule has 4 saturated heterocycles. The van der Waals surface area contributed by atoms with Crippen molar-refractivity contribution in [1.29, 1.82) is 0 Å². The number of ketones is 1. The average molecular weight is 419 g/mol. The first-order chi connectivity index (χ1) is 15.0. The lowest BCUT2D eigenvalue weighted by Gasteiger charge is -2.55. The Morgan fingerprint density at radius 2 is 1.81 bits per heavy atom. The number of aryl methyl sites for hydroxylation is 2. The third-order valence-electron chi connectivity index (χ3n) is 8.03. The number of fused-ring (bicyclic) bond motifs is 2. The maximum atomic E-state index is 13.7. The van der Waals surface area contributed by atoms with Crippen molar-refractivity contribution < 1.29 is 9.59 Å². The third-order valence-corrected chi connectivity index (χ3v) is 8.03. The summed E-state index contributed by atoms with van der Waals surface area (Å²) >= 11 is 0. The fourth-order valence-corrected chi connectivity index (χ4v) is 6.80. The van der Waals surface area contributed by atoms with Crippen molar-refractivity contribution >= 4 is 11.7 Å². The number of H-pyrrole nitrogens is 1. The second-order valence-corrected chi connectivity index (χ2v) is 9.96. The van der Waals surface area contributed by atoms with Crippen LogP contribution >= 0.6 is 0 Å². The van der Waals surface area contributed by atoms with Crippen molar-refractivity contribution in [2.75, 3.05) is 39.3 Å². The standard InChI is InChI=1S/C25H30N4O2/c1-16-21(22-19(26-16)8-5-9-20(22)30)24(31)27-23-17-12-28-10-11-29(13-17)15-25(23,14-28)18-6-3-2-4-7-18/h2-4,6-7,17,23,26H,5,8-15H2,1H3,(H,27,31)/t17?,23-,25?/m0/s1. The molecular weight excluding hydrogens is 388 g/mol. The number of nitrogens with zero attached hydrogens (tertiary/aromatic N) is 2. The molecule has 5 aliphatic rings. The Balaban J connectivity index is 1.40. The lowest BCUT2D eigenvalue weighted by Crippen LogP contribution is -2.70. The Morgan fingerprint density at radius 3 is 2.52 bits per heavy atom. The molecule has 1 aromatic carbocycles. The van der Waals surface area contributed by atoms with Gasteiger partial charge in [0.05, 0.1) is 11.1 Å². The topological polar surface area (TPSA) is 68.4 Å². The van der Waals surface area contributed by atoms with Gasteiger partial charge in [0, 0.05) is 74.5 Å². The number of nitrogens with one attached hydrogen (secondary N) is 2. The number of rotatable bonds is 3. The lowest BCUT2D eigenvalue weighted by atomic mass is 9.64. The number of piperidine rings is 2. The highest BCUT2D eigenvalue weighted by Crippen LogP contribution is 2.43. The van der Waals surface area contributed by atoms with Gasteiger partial charge in [-0.1, -0.05) is 30.3 Å². The second-order valence-electron chi connectivity index (χ2n) is 9.96. The van der Waals surface area contributed by atoms with Gasteiger partial charge in [0.15, 0.2) is 5.78 Å². The first kappa shape index (κ1) is 19.3. The molecule has 4 aliphatic heterocycles. The smallest absolute Gasteiger partial charge is 0.254 e. The summed E-state index contributed by atoms with van der Waals surface area (Å²) in [5.41, 5.74) is 4.17. The molecule has 162 valence electrons. The molecule has 4 bridgehead atoms. The summed E-state index contributed by atoms with van der Waals surface area (Å²) in [7, 11) is 0. The van der Waals surface area contributed by atoms with Crippen LogP contribution in [0.5, 0.6) is 0 Å². The fraction of sp³-hybridized carbons (Fsp3) is 0.520. The molecule has 4 fully saturated rings. The van der Waals surface area contributed by atoms with E-state index in [1.807, 2.05) is 6.92 Å². The number of amides is 1. The van der Waals surface area contributed by atoms with Crippen LogP contribution in [0, 0.1) is 12.8 Å². The molecule has 7 rings (SSSR count). The van der Waals surface area contributed by atoms with Crippen molar-refractivity contribution in [3.05, 3.63) is 58.4 Å². The summed E-state index contributed by atoms with van der Waals surface area (Å²) in [4.78, 5) is 34.9. The van der Waals surface area contributed by atoms with E-state index in [9.17, 15) is 9.59 Å². The number of benzene rings is 1. The minimum atomic E-state index is -0.122. The number of hydrogen-bond donors (Lipinski definition) is 2. The first-order valence-corrected chi connectivity index (χ1v) is 11.6. The number of carbonyl (C=O) groups is 2. The van der Waals surface area contributed by atoms with Gasteiger partial charge >= 0.3 is 0 Å². The Morgan fingerprint density at radius 1 is 1.10 bits per heavy atom. The van der Waals surface area contributed by atoms with E-state index in [4.69, 9.17) is 0 Å². The van der Waals surface area contributed by atoms with E-state index >= 15 is 0 Å². The van der Waals surface area contributed by atoms with Crippen LogP contribution < -0.4 is 5.32 Å². The molecule has 31 heavy (non-hydrogen) atoms. The Bertz CT molecular complexity index is 1030. The van der Waals surface area contributed by atoms with Gasteiger partial charge in [-0.15, -0.1) is 0 Å². The van der Waals surface area contributed by atoms with E-state index in [2.05, 4.69) is 50.4 Å². The van der Waals surface area contributed by atoms with Crippen LogP contribution in [0.4, 0.5) is 0 Å². The monoisotopic (exact) mass is 418 g/mol. The zero-order valence-electron chi connectivity index (χ0n) is 18.1. The summed E-state index contributed by atoms with van der Waals surface area (Å²) in [6, 6.07) is 10.8. The van der Waals surface area contributed by atoms with Gasteiger partial charge in [-0.3, -0.25) is 9.59 Å². The van der Waals surface area contributed by atoms with Crippen LogP contribution in [0.15, 0.2) is 30.3 Å². The molecule has 1 aromatic heterocycles. The highest BCUT2D eigenvalue weighted by atomic mass is 16.2. The van der Waals surface area contributed by atoms with Crippen LogP contribution in [0.1, 0.15) is 50.5 Å². The van der Waals surface area contributed by atoms with Crippen LogP contribution in [0.2, 0.25) is 0 Å². The molecule has 0 saturated carbocycles. The lowest BCUT2D eigenvalue weighted by molar-refractivity contribution is 0.0180. The molecule has 1 amide bonds. The molecule has 6 heteroatoms.